The lowest BCUT2D eigenvalue weighted by Crippen LogP contribution is -2.21. The second-order valence-corrected chi connectivity index (χ2v) is 7.44. The fourth-order valence-electron chi connectivity index (χ4n) is 3.34. The Morgan fingerprint density at radius 1 is 1.03 bits per heavy atom. The van der Waals surface area contributed by atoms with Crippen LogP contribution in [-0.4, -0.2) is 36.9 Å². The van der Waals surface area contributed by atoms with Gasteiger partial charge in [0.1, 0.15) is 23.6 Å². The van der Waals surface area contributed by atoms with Crippen molar-refractivity contribution in [3.8, 4) is 11.5 Å². The van der Waals surface area contributed by atoms with Crippen LogP contribution in [-0.2, 0) is 17.5 Å². The van der Waals surface area contributed by atoms with Crippen molar-refractivity contribution in [2.45, 2.75) is 39.1 Å². The third-order valence-electron chi connectivity index (χ3n) is 4.94. The van der Waals surface area contributed by atoms with Crippen molar-refractivity contribution in [1.29, 1.82) is 0 Å². The highest BCUT2D eigenvalue weighted by Gasteiger charge is 2.31. The number of ether oxygens (including phenoxy) is 3. The highest BCUT2D eigenvalue weighted by Crippen LogP contribution is 2.36. The average molecular weight is 467 g/mol. The molecule has 2 aromatic carbocycles. The van der Waals surface area contributed by atoms with Crippen molar-refractivity contribution in [3.05, 3.63) is 53.1 Å². The highest BCUT2D eigenvalue weighted by molar-refractivity contribution is 5.91. The Morgan fingerprint density at radius 3 is 2.42 bits per heavy atom. The van der Waals surface area contributed by atoms with Crippen molar-refractivity contribution >= 4 is 16.7 Å². The Balaban J connectivity index is 1.97. The van der Waals surface area contributed by atoms with Crippen molar-refractivity contribution in [3.63, 3.8) is 0 Å². The molecule has 0 saturated heterocycles. The monoisotopic (exact) mass is 467 g/mol. The number of methoxy groups -OCH3 is 2. The minimum atomic E-state index is -4.64. The number of aryl methyl sites for hydroxylation is 1. The van der Waals surface area contributed by atoms with Crippen molar-refractivity contribution in [2.75, 3.05) is 26.1 Å². The number of hydrogen-bond donors (Lipinski definition) is 1. The summed E-state index contributed by atoms with van der Waals surface area (Å²) in [5, 5.41) is 3.58. The zero-order valence-electron chi connectivity index (χ0n) is 18.7. The number of fused-ring (bicyclic) bond motifs is 1. The van der Waals surface area contributed by atoms with Crippen LogP contribution in [0.25, 0.3) is 10.9 Å². The standard InChI is InChI=1S/C23H25F4N3O3/c1-5-17(12-31-3)33-21-9-18-19(10-20(21)32-4)29-13(2)30-22(18)28-11-14-6-15(23(25,26)27)8-16(24)7-14/h6-10,17H,5,11-12H2,1-4H3,(H,28,29,30). The predicted octanol–water partition coefficient (Wildman–Crippen LogP) is 5.52. The molecule has 0 aliphatic carbocycles. The fourth-order valence-corrected chi connectivity index (χ4v) is 3.34. The molecule has 0 bridgehead atoms. The SMILES string of the molecule is CCC(COC)Oc1cc2c(NCc3cc(F)cc(C(F)(F)F)c3)nc(C)nc2cc1OC. The van der Waals surface area contributed by atoms with E-state index in [1.54, 1.807) is 26.2 Å². The number of rotatable bonds is 9. The molecule has 0 aliphatic rings. The lowest BCUT2D eigenvalue weighted by Gasteiger charge is -2.20. The van der Waals surface area contributed by atoms with E-state index in [9.17, 15) is 17.6 Å². The summed E-state index contributed by atoms with van der Waals surface area (Å²) in [6.07, 6.45) is -4.15. The van der Waals surface area contributed by atoms with Gasteiger partial charge in [0.2, 0.25) is 0 Å². The summed E-state index contributed by atoms with van der Waals surface area (Å²) in [4.78, 5) is 8.80. The summed E-state index contributed by atoms with van der Waals surface area (Å²) in [6, 6.07) is 5.83. The summed E-state index contributed by atoms with van der Waals surface area (Å²) in [5.74, 6) is 0.787. The zero-order valence-corrected chi connectivity index (χ0v) is 18.7. The molecular formula is C23H25F4N3O3. The molecule has 1 N–H and O–H groups in total. The summed E-state index contributed by atoms with van der Waals surface area (Å²) in [7, 11) is 3.10. The first kappa shape index (κ1) is 24.5. The molecule has 1 aromatic heterocycles. The van der Waals surface area contributed by atoms with Gasteiger partial charge in [-0.15, -0.1) is 0 Å². The molecule has 1 heterocycles. The Morgan fingerprint density at radius 2 is 1.79 bits per heavy atom. The quantitative estimate of drug-likeness (QED) is 0.418. The zero-order chi connectivity index (χ0) is 24.2. The van der Waals surface area contributed by atoms with Crippen LogP contribution in [0.5, 0.6) is 11.5 Å². The van der Waals surface area contributed by atoms with E-state index in [0.29, 0.717) is 53.1 Å². The van der Waals surface area contributed by atoms with Crippen LogP contribution in [0.1, 0.15) is 30.3 Å². The van der Waals surface area contributed by atoms with Gasteiger partial charge in [0.25, 0.3) is 0 Å². The van der Waals surface area contributed by atoms with Crippen molar-refractivity contribution in [2.24, 2.45) is 0 Å². The third kappa shape index (κ3) is 6.01. The smallest absolute Gasteiger partial charge is 0.416 e. The molecule has 3 aromatic rings. The minimum absolute atomic E-state index is 0.0735. The van der Waals surface area contributed by atoms with Gasteiger partial charge < -0.3 is 19.5 Å². The largest absolute Gasteiger partial charge is 0.493 e. The van der Waals surface area contributed by atoms with E-state index in [1.807, 2.05) is 6.92 Å². The van der Waals surface area contributed by atoms with Crippen LogP contribution >= 0.6 is 0 Å². The molecule has 0 radical (unpaired) electrons. The summed E-state index contributed by atoms with van der Waals surface area (Å²) >= 11 is 0. The Hall–Kier alpha value is -3.14. The maximum atomic E-state index is 13.8. The molecule has 0 fully saturated rings. The maximum absolute atomic E-state index is 13.8. The highest BCUT2D eigenvalue weighted by atomic mass is 19.4. The molecule has 1 atom stereocenters. The topological polar surface area (TPSA) is 65.5 Å². The van der Waals surface area contributed by atoms with E-state index in [-0.39, 0.29) is 18.2 Å². The first-order valence-corrected chi connectivity index (χ1v) is 10.3. The number of aromatic nitrogens is 2. The molecule has 0 spiro atoms. The Bertz CT molecular complexity index is 1120. The van der Waals surface area contributed by atoms with Crippen LogP contribution < -0.4 is 14.8 Å². The molecule has 178 valence electrons. The van der Waals surface area contributed by atoms with Crippen LogP contribution in [0, 0.1) is 12.7 Å². The summed E-state index contributed by atoms with van der Waals surface area (Å²) in [5.41, 5.74) is -0.362. The molecule has 6 nitrogen and oxygen atoms in total. The average Bonchev–Trinajstić information content (AvgIpc) is 2.75. The van der Waals surface area contributed by atoms with Gasteiger partial charge >= 0.3 is 6.18 Å². The number of nitrogens with zero attached hydrogens (tertiary/aromatic N) is 2. The van der Waals surface area contributed by atoms with E-state index in [0.717, 1.165) is 12.1 Å². The Kier molecular flexibility index (Phi) is 7.57. The number of nitrogens with one attached hydrogen (secondary N) is 1. The van der Waals surface area contributed by atoms with E-state index in [1.165, 1.54) is 7.11 Å². The maximum Gasteiger partial charge on any atom is 0.416 e. The lowest BCUT2D eigenvalue weighted by atomic mass is 10.1. The molecule has 1 unspecified atom stereocenters. The minimum Gasteiger partial charge on any atom is -0.493 e. The normalized spacial score (nSPS) is 12.6. The van der Waals surface area contributed by atoms with Gasteiger partial charge in [0.15, 0.2) is 11.5 Å². The number of alkyl halides is 3. The second-order valence-electron chi connectivity index (χ2n) is 7.44. The van der Waals surface area contributed by atoms with E-state index in [4.69, 9.17) is 14.2 Å². The summed E-state index contributed by atoms with van der Waals surface area (Å²) in [6.45, 7) is 3.96. The molecule has 0 aliphatic heterocycles. The van der Waals surface area contributed by atoms with Crippen molar-refractivity contribution in [1.82, 2.24) is 9.97 Å². The Labute approximate surface area is 188 Å². The van der Waals surface area contributed by atoms with Crippen LogP contribution in [0.3, 0.4) is 0 Å². The van der Waals surface area contributed by atoms with Crippen molar-refractivity contribution < 1.29 is 31.8 Å². The van der Waals surface area contributed by atoms with Gasteiger partial charge in [-0.05, 0) is 43.2 Å². The second kappa shape index (κ2) is 10.2. The number of hydrogen-bond acceptors (Lipinski definition) is 6. The molecule has 0 saturated carbocycles. The number of anilines is 1. The van der Waals surface area contributed by atoms with E-state index in [2.05, 4.69) is 15.3 Å². The molecular weight excluding hydrogens is 442 g/mol. The molecule has 10 heteroatoms. The van der Waals surface area contributed by atoms with Gasteiger partial charge in [-0.3, -0.25) is 0 Å². The van der Waals surface area contributed by atoms with Crippen LogP contribution in [0.15, 0.2) is 30.3 Å². The molecule has 3 rings (SSSR count). The van der Waals surface area contributed by atoms with E-state index < -0.39 is 17.6 Å². The lowest BCUT2D eigenvalue weighted by molar-refractivity contribution is -0.137. The van der Waals surface area contributed by atoms with Gasteiger partial charge in [-0.2, -0.15) is 13.2 Å². The van der Waals surface area contributed by atoms with E-state index >= 15 is 0 Å². The van der Waals surface area contributed by atoms with Gasteiger partial charge in [-0.1, -0.05) is 6.92 Å². The van der Waals surface area contributed by atoms with Crippen LogP contribution in [0.2, 0.25) is 0 Å². The number of benzene rings is 2. The van der Waals surface area contributed by atoms with Gasteiger partial charge in [-0.25, -0.2) is 14.4 Å². The predicted molar refractivity (Wildman–Crippen MR) is 116 cm³/mol. The third-order valence-corrected chi connectivity index (χ3v) is 4.94. The molecule has 33 heavy (non-hydrogen) atoms. The first-order valence-electron chi connectivity index (χ1n) is 10.3. The number of halogens is 4. The summed E-state index contributed by atoms with van der Waals surface area (Å²) < 4.78 is 69.5. The first-order chi connectivity index (χ1) is 15.6. The molecule has 0 amide bonds. The fraction of sp³-hybridized carbons (Fsp3) is 0.391. The van der Waals surface area contributed by atoms with Gasteiger partial charge in [0.05, 0.1) is 24.8 Å². The van der Waals surface area contributed by atoms with Gasteiger partial charge in [0, 0.05) is 25.1 Å². The van der Waals surface area contributed by atoms with Crippen LogP contribution in [0.4, 0.5) is 23.4 Å².